The number of likely N-dealkylation sites (tertiary alicyclic amines) is 1. The van der Waals surface area contributed by atoms with E-state index in [0.29, 0.717) is 29.6 Å². The number of nitrogens with zero attached hydrogens (tertiary/aromatic N) is 2. The van der Waals surface area contributed by atoms with E-state index in [4.69, 9.17) is 11.6 Å². The van der Waals surface area contributed by atoms with Crippen molar-refractivity contribution in [2.24, 2.45) is 0 Å². The molecule has 2 aliphatic rings. The molecule has 0 saturated carbocycles. The Labute approximate surface area is 252 Å². The third kappa shape index (κ3) is 8.65. The molecule has 2 fully saturated rings. The van der Waals surface area contributed by atoms with Crippen molar-refractivity contribution in [3.05, 3.63) is 70.2 Å². The van der Waals surface area contributed by atoms with E-state index in [1.807, 2.05) is 12.1 Å². The number of hydrogen-bond acceptors (Lipinski definition) is 4. The summed E-state index contributed by atoms with van der Waals surface area (Å²) < 4.78 is 0.750. The van der Waals surface area contributed by atoms with Crippen LogP contribution in [-0.4, -0.2) is 73.0 Å². The van der Waals surface area contributed by atoms with Gasteiger partial charge in [-0.15, -0.1) is 0 Å². The van der Waals surface area contributed by atoms with Crippen LogP contribution < -0.4 is 10.6 Å². The first kappa shape index (κ1) is 30.3. The van der Waals surface area contributed by atoms with Crippen molar-refractivity contribution in [3.63, 3.8) is 0 Å². The molecule has 2 aromatic carbocycles. The first-order chi connectivity index (χ1) is 19.0. The summed E-state index contributed by atoms with van der Waals surface area (Å²) >= 11 is 8.50. The Kier molecular flexibility index (Phi) is 11.9. The SMILES string of the molecule is CC[C@@H](CN1CC[C@@H](CNC(=O)c2ccc(Cl)c(CI)c2)N[C@@H](CCN2CCCCC2)C1=O)c1ccccc1. The molecular weight excluding hydrogens is 623 g/mol. The summed E-state index contributed by atoms with van der Waals surface area (Å²) in [6.45, 7) is 7.27. The monoisotopic (exact) mass is 664 g/mol. The Morgan fingerprint density at radius 2 is 1.90 bits per heavy atom. The van der Waals surface area contributed by atoms with Gasteiger partial charge in [-0.05, 0) is 74.5 Å². The molecular formula is C31H42ClIN4O2. The molecule has 0 bridgehead atoms. The van der Waals surface area contributed by atoms with Crippen LogP contribution >= 0.6 is 34.2 Å². The molecule has 0 spiro atoms. The number of alkyl halides is 1. The Morgan fingerprint density at radius 3 is 2.62 bits per heavy atom. The molecule has 8 heteroatoms. The highest BCUT2D eigenvalue weighted by molar-refractivity contribution is 14.1. The largest absolute Gasteiger partial charge is 0.350 e. The fourth-order valence-corrected chi connectivity index (χ4v) is 6.76. The Morgan fingerprint density at radius 1 is 1.13 bits per heavy atom. The molecule has 0 unspecified atom stereocenters. The van der Waals surface area contributed by atoms with Crippen molar-refractivity contribution in [1.82, 2.24) is 20.4 Å². The van der Waals surface area contributed by atoms with E-state index in [-0.39, 0.29) is 23.9 Å². The molecule has 2 saturated heterocycles. The van der Waals surface area contributed by atoms with Crippen LogP contribution in [0.5, 0.6) is 0 Å². The molecule has 39 heavy (non-hydrogen) atoms. The topological polar surface area (TPSA) is 64.7 Å². The van der Waals surface area contributed by atoms with E-state index < -0.39 is 0 Å². The minimum Gasteiger partial charge on any atom is -0.350 e. The number of carbonyl (C=O) groups excluding carboxylic acids is 2. The van der Waals surface area contributed by atoms with E-state index in [9.17, 15) is 9.59 Å². The predicted octanol–water partition coefficient (Wildman–Crippen LogP) is 5.63. The Balaban J connectivity index is 1.43. The highest BCUT2D eigenvalue weighted by Crippen LogP contribution is 2.23. The zero-order valence-electron chi connectivity index (χ0n) is 23.0. The van der Waals surface area contributed by atoms with Crippen LogP contribution in [0.2, 0.25) is 5.02 Å². The van der Waals surface area contributed by atoms with Gasteiger partial charge in [-0.3, -0.25) is 9.59 Å². The average Bonchev–Trinajstić information content (AvgIpc) is 3.12. The highest BCUT2D eigenvalue weighted by Gasteiger charge is 2.32. The van der Waals surface area contributed by atoms with Gasteiger partial charge in [0.15, 0.2) is 0 Å². The molecule has 4 rings (SSSR count). The molecule has 2 N–H and O–H groups in total. The number of piperidine rings is 1. The second kappa shape index (κ2) is 15.4. The minimum absolute atomic E-state index is 0.0300. The molecule has 212 valence electrons. The zero-order valence-corrected chi connectivity index (χ0v) is 25.9. The van der Waals surface area contributed by atoms with Gasteiger partial charge in [-0.25, -0.2) is 0 Å². The average molecular weight is 665 g/mol. The number of rotatable bonds is 11. The van der Waals surface area contributed by atoms with Gasteiger partial charge in [-0.1, -0.05) is 77.9 Å². The first-order valence-corrected chi connectivity index (χ1v) is 16.3. The molecule has 2 heterocycles. The lowest BCUT2D eigenvalue weighted by Gasteiger charge is -2.31. The van der Waals surface area contributed by atoms with E-state index >= 15 is 0 Å². The number of nitrogens with one attached hydrogen (secondary N) is 2. The smallest absolute Gasteiger partial charge is 0.251 e. The normalized spacial score (nSPS) is 21.4. The van der Waals surface area contributed by atoms with E-state index in [1.165, 1.54) is 24.8 Å². The lowest BCUT2D eigenvalue weighted by Crippen LogP contribution is -2.50. The lowest BCUT2D eigenvalue weighted by molar-refractivity contribution is -0.133. The Bertz CT molecular complexity index is 1080. The minimum atomic E-state index is -0.245. The number of amides is 2. The summed E-state index contributed by atoms with van der Waals surface area (Å²) in [5.41, 5.74) is 2.86. The lowest BCUT2D eigenvalue weighted by atomic mass is 9.95. The molecule has 2 aliphatic heterocycles. The predicted molar refractivity (Wildman–Crippen MR) is 168 cm³/mol. The summed E-state index contributed by atoms with van der Waals surface area (Å²) in [4.78, 5) is 31.4. The van der Waals surface area contributed by atoms with Gasteiger partial charge in [0.25, 0.3) is 5.91 Å². The third-order valence-corrected chi connectivity index (χ3v) is 9.33. The van der Waals surface area contributed by atoms with Crippen LogP contribution in [0, 0.1) is 0 Å². The van der Waals surface area contributed by atoms with Crippen LogP contribution in [0.3, 0.4) is 0 Å². The zero-order chi connectivity index (χ0) is 27.6. The standard InChI is InChI=1S/C31H42ClIN4O2/c1-2-23(24-9-5-3-6-10-24)22-37-18-13-27(21-34-30(38)25-11-12-28(32)26(19-25)20-33)35-29(31(37)39)14-17-36-15-7-4-8-16-36/h3,5-6,9-12,19,23,27,29,35H,2,4,7-8,13-18,20-22H2,1H3,(H,34,38)/t23-,27-,29-/m0/s1. The van der Waals surface area contributed by atoms with E-state index in [2.05, 4.69) is 74.2 Å². The van der Waals surface area contributed by atoms with Crippen molar-refractivity contribution in [2.45, 2.75) is 67.9 Å². The van der Waals surface area contributed by atoms with Gasteiger partial charge in [-0.2, -0.15) is 0 Å². The van der Waals surface area contributed by atoms with Crippen LogP contribution in [-0.2, 0) is 9.22 Å². The quantitative estimate of drug-likeness (QED) is 0.242. The van der Waals surface area contributed by atoms with Gasteiger partial charge in [0.2, 0.25) is 5.91 Å². The maximum Gasteiger partial charge on any atom is 0.251 e. The fourth-order valence-electron chi connectivity index (χ4n) is 5.72. The Hall–Kier alpha value is -1.68. The van der Waals surface area contributed by atoms with Gasteiger partial charge in [0.05, 0.1) is 6.04 Å². The molecule has 0 radical (unpaired) electrons. The van der Waals surface area contributed by atoms with Crippen LogP contribution in [0.15, 0.2) is 48.5 Å². The summed E-state index contributed by atoms with van der Waals surface area (Å²) in [7, 11) is 0. The van der Waals surface area contributed by atoms with Crippen molar-refractivity contribution in [1.29, 1.82) is 0 Å². The maximum atomic E-state index is 13.9. The number of benzene rings is 2. The second-order valence-electron chi connectivity index (χ2n) is 10.8. The maximum absolute atomic E-state index is 13.9. The molecule has 2 aromatic rings. The van der Waals surface area contributed by atoms with Crippen molar-refractivity contribution in [2.75, 3.05) is 39.3 Å². The van der Waals surface area contributed by atoms with Crippen molar-refractivity contribution < 1.29 is 9.59 Å². The van der Waals surface area contributed by atoms with Gasteiger partial charge >= 0.3 is 0 Å². The number of hydrogen-bond donors (Lipinski definition) is 2. The molecule has 3 atom stereocenters. The number of carbonyl (C=O) groups is 2. The van der Waals surface area contributed by atoms with Crippen LogP contribution in [0.25, 0.3) is 0 Å². The molecule has 0 aromatic heterocycles. The molecule has 0 aliphatic carbocycles. The summed E-state index contributed by atoms with van der Waals surface area (Å²) in [6, 6.07) is 15.7. The third-order valence-electron chi connectivity index (χ3n) is 8.14. The number of halogens is 2. The van der Waals surface area contributed by atoms with Gasteiger partial charge in [0, 0.05) is 53.2 Å². The molecule has 6 nitrogen and oxygen atoms in total. The van der Waals surface area contributed by atoms with E-state index in [1.54, 1.807) is 12.1 Å². The van der Waals surface area contributed by atoms with Crippen LogP contribution in [0.4, 0.5) is 0 Å². The first-order valence-electron chi connectivity index (χ1n) is 14.4. The second-order valence-corrected chi connectivity index (χ2v) is 12.0. The van der Waals surface area contributed by atoms with Crippen molar-refractivity contribution in [3.8, 4) is 0 Å². The summed E-state index contributed by atoms with van der Waals surface area (Å²) in [6.07, 6.45) is 6.37. The van der Waals surface area contributed by atoms with Crippen LogP contribution in [0.1, 0.15) is 72.9 Å². The fraction of sp³-hybridized carbons (Fsp3) is 0.548. The van der Waals surface area contributed by atoms with Gasteiger partial charge in [0.1, 0.15) is 0 Å². The highest BCUT2D eigenvalue weighted by atomic mass is 127. The van der Waals surface area contributed by atoms with E-state index in [0.717, 1.165) is 55.4 Å². The van der Waals surface area contributed by atoms with Crippen molar-refractivity contribution >= 4 is 46.0 Å². The van der Waals surface area contributed by atoms with Gasteiger partial charge < -0.3 is 20.4 Å². The summed E-state index contributed by atoms with van der Waals surface area (Å²) in [5.74, 6) is 0.401. The summed E-state index contributed by atoms with van der Waals surface area (Å²) in [5, 5.41) is 7.45. The molecule has 2 amide bonds.